The molecule has 1 aliphatic carbocycles. The van der Waals surface area contributed by atoms with E-state index < -0.39 is 11.9 Å². The molecular formula is C26H29N3O3. The van der Waals surface area contributed by atoms with Gasteiger partial charge in [-0.1, -0.05) is 37.3 Å². The van der Waals surface area contributed by atoms with E-state index in [4.69, 9.17) is 4.74 Å². The largest absolute Gasteiger partial charge is 0.462 e. The Labute approximate surface area is 189 Å². The van der Waals surface area contributed by atoms with Crippen molar-refractivity contribution in [3.63, 3.8) is 0 Å². The monoisotopic (exact) mass is 431 g/mol. The van der Waals surface area contributed by atoms with Gasteiger partial charge in [-0.3, -0.25) is 4.79 Å². The molecule has 0 bridgehead atoms. The van der Waals surface area contributed by atoms with Gasteiger partial charge in [0.15, 0.2) is 0 Å². The average Bonchev–Trinajstić information content (AvgIpc) is 2.83. The number of aryl methyl sites for hydroxylation is 2. The average molecular weight is 432 g/mol. The van der Waals surface area contributed by atoms with Crippen LogP contribution in [0.5, 0.6) is 0 Å². The number of esters is 1. The predicted molar refractivity (Wildman–Crippen MR) is 124 cm³/mol. The first kappa shape index (κ1) is 23.1. The number of para-hydroxylation sites is 1. The van der Waals surface area contributed by atoms with Gasteiger partial charge in [-0.25, -0.2) is 4.79 Å². The van der Waals surface area contributed by atoms with Gasteiger partial charge in [-0.2, -0.15) is 5.26 Å². The van der Waals surface area contributed by atoms with E-state index in [0.717, 1.165) is 18.4 Å². The normalized spacial score (nSPS) is 14.0. The van der Waals surface area contributed by atoms with Crippen molar-refractivity contribution in [1.29, 1.82) is 5.26 Å². The molecule has 0 saturated carbocycles. The number of nitrogens with zero attached hydrogens (tertiary/aromatic N) is 1. The maximum atomic E-state index is 12.8. The second-order valence-corrected chi connectivity index (χ2v) is 7.75. The van der Waals surface area contributed by atoms with Crippen molar-refractivity contribution in [3.05, 3.63) is 76.5 Å². The number of hydrogen-bond donors (Lipinski definition) is 2. The molecule has 1 aliphatic rings. The van der Waals surface area contributed by atoms with E-state index in [1.165, 1.54) is 30.2 Å². The summed E-state index contributed by atoms with van der Waals surface area (Å²) in [7, 11) is 0. The Morgan fingerprint density at radius 2 is 1.88 bits per heavy atom. The van der Waals surface area contributed by atoms with Crippen molar-refractivity contribution < 1.29 is 14.3 Å². The highest BCUT2D eigenvalue weighted by molar-refractivity contribution is 5.99. The Balaban J connectivity index is 1.74. The Hall–Kier alpha value is -3.59. The van der Waals surface area contributed by atoms with Crippen LogP contribution in [-0.2, 0) is 22.4 Å². The molecule has 2 N–H and O–H groups in total. The van der Waals surface area contributed by atoms with Gasteiger partial charge in [0.1, 0.15) is 11.6 Å². The molecule has 166 valence electrons. The van der Waals surface area contributed by atoms with E-state index in [0.29, 0.717) is 17.7 Å². The minimum absolute atomic E-state index is 0.0694. The van der Waals surface area contributed by atoms with E-state index in [2.05, 4.69) is 28.8 Å². The summed E-state index contributed by atoms with van der Waals surface area (Å²) in [5.74, 6) is -0.927. The summed E-state index contributed by atoms with van der Waals surface area (Å²) >= 11 is 0. The number of carbonyl (C=O) groups excluding carboxylic acids is 2. The van der Waals surface area contributed by atoms with Gasteiger partial charge < -0.3 is 15.4 Å². The summed E-state index contributed by atoms with van der Waals surface area (Å²) in [6.07, 6.45) is 6.64. The van der Waals surface area contributed by atoms with E-state index in [1.807, 2.05) is 13.0 Å². The van der Waals surface area contributed by atoms with Crippen molar-refractivity contribution in [1.82, 2.24) is 5.32 Å². The Morgan fingerprint density at radius 1 is 1.12 bits per heavy atom. The van der Waals surface area contributed by atoms with Gasteiger partial charge in [-0.05, 0) is 67.9 Å². The molecule has 2 aromatic rings. The van der Waals surface area contributed by atoms with Crippen molar-refractivity contribution in [3.8, 4) is 6.07 Å². The summed E-state index contributed by atoms with van der Waals surface area (Å²) < 4.78 is 5.06. The molecule has 1 amide bonds. The van der Waals surface area contributed by atoms with Crippen LogP contribution in [0.25, 0.3) is 0 Å². The number of nitrogens with one attached hydrogen (secondary N) is 2. The molecule has 3 rings (SSSR count). The van der Waals surface area contributed by atoms with Crippen LogP contribution >= 0.6 is 0 Å². The van der Waals surface area contributed by atoms with Crippen LogP contribution in [-0.4, -0.2) is 18.5 Å². The minimum Gasteiger partial charge on any atom is -0.462 e. The van der Waals surface area contributed by atoms with Crippen molar-refractivity contribution in [2.24, 2.45) is 0 Å². The molecule has 0 saturated heterocycles. The highest BCUT2D eigenvalue weighted by Gasteiger charge is 2.19. The van der Waals surface area contributed by atoms with E-state index in [9.17, 15) is 14.9 Å². The molecule has 0 aromatic heterocycles. The van der Waals surface area contributed by atoms with Crippen LogP contribution in [0.2, 0.25) is 0 Å². The maximum Gasteiger partial charge on any atom is 0.340 e. The fourth-order valence-corrected chi connectivity index (χ4v) is 3.92. The quantitative estimate of drug-likeness (QED) is 0.355. The van der Waals surface area contributed by atoms with Gasteiger partial charge in [0, 0.05) is 6.20 Å². The van der Waals surface area contributed by atoms with Crippen LogP contribution in [0, 0.1) is 11.3 Å². The lowest BCUT2D eigenvalue weighted by Gasteiger charge is -2.21. The summed E-state index contributed by atoms with van der Waals surface area (Å²) in [5, 5.41) is 15.4. The number of anilines is 1. The molecule has 1 unspecified atom stereocenters. The topological polar surface area (TPSA) is 91.2 Å². The molecule has 6 heteroatoms. The van der Waals surface area contributed by atoms with E-state index in [-0.39, 0.29) is 18.2 Å². The lowest BCUT2D eigenvalue weighted by molar-refractivity contribution is -0.117. The van der Waals surface area contributed by atoms with Crippen LogP contribution < -0.4 is 10.6 Å². The summed E-state index contributed by atoms with van der Waals surface area (Å²) in [6.45, 7) is 4.00. The predicted octanol–water partition coefficient (Wildman–Crippen LogP) is 4.83. The number of amides is 1. The zero-order valence-corrected chi connectivity index (χ0v) is 18.6. The van der Waals surface area contributed by atoms with Crippen LogP contribution in [0.1, 0.15) is 66.2 Å². The van der Waals surface area contributed by atoms with Gasteiger partial charge in [-0.15, -0.1) is 0 Å². The minimum atomic E-state index is -0.467. The first-order chi connectivity index (χ1) is 15.6. The zero-order chi connectivity index (χ0) is 22.9. The van der Waals surface area contributed by atoms with Gasteiger partial charge in [0.2, 0.25) is 0 Å². The molecular weight excluding hydrogens is 402 g/mol. The van der Waals surface area contributed by atoms with Crippen LogP contribution in [0.3, 0.4) is 0 Å². The molecule has 0 heterocycles. The number of fused-ring (bicyclic) bond motifs is 1. The van der Waals surface area contributed by atoms with Crippen molar-refractivity contribution >= 4 is 17.6 Å². The number of ether oxygens (including phenoxy) is 1. The molecule has 0 aliphatic heterocycles. The van der Waals surface area contributed by atoms with E-state index >= 15 is 0 Å². The van der Waals surface area contributed by atoms with Gasteiger partial charge in [0.25, 0.3) is 5.91 Å². The summed E-state index contributed by atoms with van der Waals surface area (Å²) in [5.41, 5.74) is 4.54. The molecule has 32 heavy (non-hydrogen) atoms. The third-order valence-corrected chi connectivity index (χ3v) is 5.65. The molecule has 1 atom stereocenters. The van der Waals surface area contributed by atoms with Crippen LogP contribution in [0.4, 0.5) is 5.69 Å². The lowest BCUT2D eigenvalue weighted by atomic mass is 9.88. The van der Waals surface area contributed by atoms with Gasteiger partial charge in [0.05, 0.1) is 23.9 Å². The summed E-state index contributed by atoms with van der Waals surface area (Å²) in [6, 6.07) is 15.0. The molecule has 6 nitrogen and oxygen atoms in total. The van der Waals surface area contributed by atoms with E-state index in [1.54, 1.807) is 31.2 Å². The van der Waals surface area contributed by atoms with Crippen molar-refractivity contribution in [2.45, 2.75) is 52.0 Å². The zero-order valence-electron chi connectivity index (χ0n) is 18.6. The standard InChI is InChI=1S/C26H29N3O3/c1-3-23(20-14-13-18-9-5-6-10-19(18)15-20)29-25(30)21(16-27)17-28-24-12-8-7-11-22(24)26(31)32-4-2/h7-8,11-15,17,23,28H,3-6,9-10H2,1-2H3,(H,29,30)/b21-17-. The second kappa shape index (κ2) is 11.1. The molecule has 0 fully saturated rings. The second-order valence-electron chi connectivity index (χ2n) is 7.75. The highest BCUT2D eigenvalue weighted by Crippen LogP contribution is 2.26. The number of rotatable bonds is 8. The Kier molecular flexibility index (Phi) is 8.04. The first-order valence-electron chi connectivity index (χ1n) is 11.1. The lowest BCUT2D eigenvalue weighted by Crippen LogP contribution is -2.29. The fourth-order valence-electron chi connectivity index (χ4n) is 3.92. The third kappa shape index (κ3) is 5.55. The smallest absolute Gasteiger partial charge is 0.340 e. The first-order valence-corrected chi connectivity index (χ1v) is 11.1. The van der Waals surface area contributed by atoms with Crippen LogP contribution in [0.15, 0.2) is 54.2 Å². The number of benzene rings is 2. The molecule has 2 aromatic carbocycles. The third-order valence-electron chi connectivity index (χ3n) is 5.65. The number of carbonyl (C=O) groups is 2. The Morgan fingerprint density at radius 3 is 2.59 bits per heavy atom. The fraction of sp³-hybridized carbons (Fsp3) is 0.346. The number of nitriles is 1. The van der Waals surface area contributed by atoms with Crippen molar-refractivity contribution in [2.75, 3.05) is 11.9 Å². The number of hydrogen-bond acceptors (Lipinski definition) is 5. The molecule has 0 spiro atoms. The van der Waals surface area contributed by atoms with Gasteiger partial charge >= 0.3 is 5.97 Å². The SMILES string of the molecule is CCOC(=O)c1ccccc1N/C=C(/C#N)C(=O)NC(CC)c1ccc2c(c1)CCCC2. The Bertz CT molecular complexity index is 1050. The highest BCUT2D eigenvalue weighted by atomic mass is 16.5. The molecule has 0 radical (unpaired) electrons. The maximum absolute atomic E-state index is 12.8. The summed E-state index contributed by atoms with van der Waals surface area (Å²) in [4.78, 5) is 24.9.